The van der Waals surface area contributed by atoms with Crippen LogP contribution in [0.3, 0.4) is 0 Å². The van der Waals surface area contributed by atoms with Crippen molar-refractivity contribution >= 4 is 11.8 Å². The molecule has 1 aliphatic heterocycles. The summed E-state index contributed by atoms with van der Waals surface area (Å²) < 4.78 is 0. The maximum Gasteiger partial charge on any atom is 0.252 e. The molecule has 6 nitrogen and oxygen atoms in total. The van der Waals surface area contributed by atoms with Crippen molar-refractivity contribution in [1.29, 1.82) is 0 Å². The van der Waals surface area contributed by atoms with E-state index in [9.17, 15) is 9.59 Å². The number of likely N-dealkylation sites (N-methyl/N-ethyl adjacent to an activating group) is 1. The van der Waals surface area contributed by atoms with Crippen LogP contribution in [0.4, 0.5) is 0 Å². The zero-order valence-corrected chi connectivity index (χ0v) is 13.6. The van der Waals surface area contributed by atoms with Gasteiger partial charge < -0.3 is 10.2 Å². The summed E-state index contributed by atoms with van der Waals surface area (Å²) in [5.74, 6) is -0.0151. The SMILES string of the molecule is CNC(=O)[C@]1(c2cnccn2)CCCN1C(=O)C1CCCCC1. The lowest BCUT2D eigenvalue weighted by molar-refractivity contribution is -0.149. The molecule has 6 heteroatoms. The van der Waals surface area contributed by atoms with Crippen LogP contribution in [0.15, 0.2) is 18.6 Å². The Kier molecular flexibility index (Phi) is 4.59. The zero-order valence-electron chi connectivity index (χ0n) is 13.6. The second kappa shape index (κ2) is 6.64. The van der Waals surface area contributed by atoms with Gasteiger partial charge in [-0.1, -0.05) is 19.3 Å². The summed E-state index contributed by atoms with van der Waals surface area (Å²) >= 11 is 0. The van der Waals surface area contributed by atoms with E-state index in [0.717, 1.165) is 32.1 Å². The Morgan fingerprint density at radius 2 is 2.00 bits per heavy atom. The Labute approximate surface area is 136 Å². The smallest absolute Gasteiger partial charge is 0.252 e. The van der Waals surface area contributed by atoms with Gasteiger partial charge in [-0.25, -0.2) is 0 Å². The van der Waals surface area contributed by atoms with Crippen molar-refractivity contribution < 1.29 is 9.59 Å². The van der Waals surface area contributed by atoms with Crippen LogP contribution in [0.5, 0.6) is 0 Å². The summed E-state index contributed by atoms with van der Waals surface area (Å²) in [6.45, 7) is 0.610. The van der Waals surface area contributed by atoms with Crippen LogP contribution in [-0.4, -0.2) is 40.3 Å². The summed E-state index contributed by atoms with van der Waals surface area (Å²) in [5.41, 5.74) is -0.432. The number of likely N-dealkylation sites (tertiary alicyclic amines) is 1. The van der Waals surface area contributed by atoms with Crippen molar-refractivity contribution in [3.8, 4) is 0 Å². The first-order chi connectivity index (χ1) is 11.2. The second-order valence-corrected chi connectivity index (χ2v) is 6.46. The number of carbonyl (C=O) groups excluding carboxylic acids is 2. The van der Waals surface area contributed by atoms with Crippen molar-refractivity contribution in [2.75, 3.05) is 13.6 Å². The monoisotopic (exact) mass is 316 g/mol. The molecule has 2 heterocycles. The molecule has 0 spiro atoms. The molecule has 0 bridgehead atoms. The number of carbonyl (C=O) groups is 2. The predicted molar refractivity (Wildman–Crippen MR) is 85.3 cm³/mol. The molecule has 2 aliphatic rings. The van der Waals surface area contributed by atoms with E-state index in [4.69, 9.17) is 0 Å². The van der Waals surface area contributed by atoms with Gasteiger partial charge in [0.1, 0.15) is 0 Å². The average Bonchev–Trinajstić information content (AvgIpc) is 3.08. The maximum absolute atomic E-state index is 13.1. The average molecular weight is 316 g/mol. The fourth-order valence-electron chi connectivity index (χ4n) is 4.03. The highest BCUT2D eigenvalue weighted by atomic mass is 16.2. The van der Waals surface area contributed by atoms with Gasteiger partial charge in [-0.3, -0.25) is 19.6 Å². The van der Waals surface area contributed by atoms with Gasteiger partial charge in [0.25, 0.3) is 5.91 Å². The third-order valence-corrected chi connectivity index (χ3v) is 5.19. The van der Waals surface area contributed by atoms with Crippen LogP contribution in [0.25, 0.3) is 0 Å². The molecule has 1 aromatic heterocycles. The second-order valence-electron chi connectivity index (χ2n) is 6.46. The molecule has 1 atom stereocenters. The molecular weight excluding hydrogens is 292 g/mol. The Hall–Kier alpha value is -1.98. The number of hydrogen-bond donors (Lipinski definition) is 1. The standard InChI is InChI=1S/C17H24N4O2/c1-18-16(23)17(14-12-19-9-10-20-14)8-5-11-21(17)15(22)13-6-3-2-4-7-13/h9-10,12-13H,2-8,11H2,1H3,(H,18,23)/t17-/m1/s1. The van der Waals surface area contributed by atoms with Gasteiger partial charge >= 0.3 is 0 Å². The van der Waals surface area contributed by atoms with E-state index in [1.165, 1.54) is 6.42 Å². The molecule has 1 saturated carbocycles. The predicted octanol–water partition coefficient (Wildman–Crippen LogP) is 1.62. The fraction of sp³-hybridized carbons (Fsp3) is 0.647. The Morgan fingerprint density at radius 1 is 1.22 bits per heavy atom. The minimum absolute atomic E-state index is 0.0440. The first-order valence-corrected chi connectivity index (χ1v) is 8.50. The van der Waals surface area contributed by atoms with Gasteiger partial charge in [-0.15, -0.1) is 0 Å². The van der Waals surface area contributed by atoms with Gasteiger partial charge in [0, 0.05) is 31.9 Å². The van der Waals surface area contributed by atoms with Crippen molar-refractivity contribution in [3.05, 3.63) is 24.3 Å². The van der Waals surface area contributed by atoms with Crippen LogP contribution in [-0.2, 0) is 15.1 Å². The molecule has 1 N–H and O–H groups in total. The summed E-state index contributed by atoms with van der Waals surface area (Å²) in [4.78, 5) is 36.1. The van der Waals surface area contributed by atoms with E-state index in [2.05, 4.69) is 15.3 Å². The van der Waals surface area contributed by atoms with Gasteiger partial charge in [0.2, 0.25) is 5.91 Å². The van der Waals surface area contributed by atoms with Crippen LogP contribution in [0, 0.1) is 5.92 Å². The third kappa shape index (κ3) is 2.71. The summed E-state index contributed by atoms with van der Waals surface area (Å²) in [7, 11) is 1.61. The lowest BCUT2D eigenvalue weighted by atomic mass is 9.85. The molecule has 1 aliphatic carbocycles. The van der Waals surface area contributed by atoms with Crippen molar-refractivity contribution in [3.63, 3.8) is 0 Å². The number of aromatic nitrogens is 2. The molecule has 0 unspecified atom stereocenters. The van der Waals surface area contributed by atoms with Gasteiger partial charge in [-0.2, -0.15) is 0 Å². The summed E-state index contributed by atoms with van der Waals surface area (Å²) in [6.07, 6.45) is 11.5. The maximum atomic E-state index is 13.1. The lowest BCUT2D eigenvalue weighted by Gasteiger charge is -2.38. The first kappa shape index (κ1) is 15.9. The number of hydrogen-bond acceptors (Lipinski definition) is 4. The molecule has 124 valence electrons. The highest BCUT2D eigenvalue weighted by molar-refractivity contribution is 5.93. The highest BCUT2D eigenvalue weighted by Gasteiger charge is 2.52. The van der Waals surface area contributed by atoms with E-state index in [1.54, 1.807) is 30.5 Å². The minimum atomic E-state index is -1.00. The normalized spacial score (nSPS) is 25.3. The Bertz CT molecular complexity index is 571. The molecule has 23 heavy (non-hydrogen) atoms. The highest BCUT2D eigenvalue weighted by Crippen LogP contribution is 2.40. The Morgan fingerprint density at radius 3 is 2.65 bits per heavy atom. The van der Waals surface area contributed by atoms with E-state index in [-0.39, 0.29) is 17.7 Å². The number of amides is 2. The molecule has 1 saturated heterocycles. The van der Waals surface area contributed by atoms with Crippen LogP contribution >= 0.6 is 0 Å². The van der Waals surface area contributed by atoms with Crippen molar-refractivity contribution in [2.45, 2.75) is 50.5 Å². The van der Waals surface area contributed by atoms with Crippen LogP contribution in [0.2, 0.25) is 0 Å². The fourth-order valence-corrected chi connectivity index (χ4v) is 4.03. The van der Waals surface area contributed by atoms with E-state index < -0.39 is 5.54 Å². The van der Waals surface area contributed by atoms with Gasteiger partial charge in [0.05, 0.1) is 11.9 Å². The summed E-state index contributed by atoms with van der Waals surface area (Å²) in [5, 5.41) is 2.73. The molecule has 1 aromatic rings. The molecule has 0 aromatic carbocycles. The molecule has 0 radical (unpaired) electrons. The zero-order chi connectivity index (χ0) is 16.3. The Balaban J connectivity index is 1.97. The minimum Gasteiger partial charge on any atom is -0.357 e. The number of rotatable bonds is 3. The molecule has 2 fully saturated rings. The first-order valence-electron chi connectivity index (χ1n) is 8.50. The molecule has 2 amide bonds. The lowest BCUT2D eigenvalue weighted by Crippen LogP contribution is -2.56. The number of nitrogens with one attached hydrogen (secondary N) is 1. The van der Waals surface area contributed by atoms with Crippen LogP contribution < -0.4 is 5.32 Å². The quantitative estimate of drug-likeness (QED) is 0.919. The molecular formula is C17H24N4O2. The van der Waals surface area contributed by atoms with Crippen molar-refractivity contribution in [2.24, 2.45) is 5.92 Å². The third-order valence-electron chi connectivity index (χ3n) is 5.19. The molecule has 3 rings (SSSR count). The van der Waals surface area contributed by atoms with E-state index >= 15 is 0 Å². The topological polar surface area (TPSA) is 75.2 Å². The number of nitrogens with zero attached hydrogens (tertiary/aromatic N) is 3. The van der Waals surface area contributed by atoms with Crippen LogP contribution in [0.1, 0.15) is 50.6 Å². The van der Waals surface area contributed by atoms with Gasteiger partial charge in [-0.05, 0) is 25.7 Å². The largest absolute Gasteiger partial charge is 0.357 e. The van der Waals surface area contributed by atoms with Gasteiger partial charge in [0.15, 0.2) is 5.54 Å². The van der Waals surface area contributed by atoms with E-state index in [0.29, 0.717) is 18.7 Å². The van der Waals surface area contributed by atoms with Crippen molar-refractivity contribution in [1.82, 2.24) is 20.2 Å². The summed E-state index contributed by atoms with van der Waals surface area (Å²) in [6, 6.07) is 0. The van der Waals surface area contributed by atoms with E-state index in [1.807, 2.05) is 0 Å².